The molecule has 112 valence electrons. The van der Waals surface area contributed by atoms with Crippen molar-refractivity contribution >= 4 is 5.96 Å². The first kappa shape index (κ1) is 16.3. The normalized spacial score (nSPS) is 18.6. The molecule has 1 aliphatic rings. The van der Waals surface area contributed by atoms with Gasteiger partial charge in [0.25, 0.3) is 0 Å². The number of nitrogens with zero attached hydrogens (tertiary/aromatic N) is 1. The Morgan fingerprint density at radius 3 is 2.68 bits per heavy atom. The maximum Gasteiger partial charge on any atom is 0.191 e. The summed E-state index contributed by atoms with van der Waals surface area (Å²) in [6.07, 6.45) is 9.82. The molecular weight excluding hydrogens is 238 g/mol. The van der Waals surface area contributed by atoms with Crippen LogP contribution < -0.4 is 10.6 Å². The Hall–Kier alpha value is -0.770. The van der Waals surface area contributed by atoms with E-state index in [2.05, 4.69) is 22.5 Å². The summed E-state index contributed by atoms with van der Waals surface area (Å²) < 4.78 is 5.10. The molecule has 1 rings (SSSR count). The van der Waals surface area contributed by atoms with Gasteiger partial charge in [-0.2, -0.15) is 0 Å². The number of guanidine groups is 1. The van der Waals surface area contributed by atoms with Crippen LogP contribution in [0.3, 0.4) is 0 Å². The minimum Gasteiger partial charge on any atom is -0.383 e. The van der Waals surface area contributed by atoms with Crippen LogP contribution in [0.25, 0.3) is 0 Å². The number of hydrogen-bond acceptors (Lipinski definition) is 2. The topological polar surface area (TPSA) is 45.7 Å². The molecule has 0 spiro atoms. The molecule has 1 saturated carbocycles. The zero-order valence-electron chi connectivity index (χ0n) is 12.9. The van der Waals surface area contributed by atoms with Crippen LogP contribution in [0.4, 0.5) is 0 Å². The van der Waals surface area contributed by atoms with Crippen LogP contribution in [0.2, 0.25) is 0 Å². The molecule has 0 bridgehead atoms. The molecule has 0 saturated heterocycles. The first-order valence-corrected chi connectivity index (χ1v) is 7.72. The molecule has 19 heavy (non-hydrogen) atoms. The molecule has 0 heterocycles. The quantitative estimate of drug-likeness (QED) is 0.404. The lowest BCUT2D eigenvalue weighted by Gasteiger charge is -2.17. The first-order chi connectivity index (χ1) is 9.26. The van der Waals surface area contributed by atoms with Crippen molar-refractivity contribution in [3.05, 3.63) is 0 Å². The van der Waals surface area contributed by atoms with E-state index in [-0.39, 0.29) is 6.04 Å². The summed E-state index contributed by atoms with van der Waals surface area (Å²) in [5.74, 6) is 1.89. The molecule has 0 aromatic heterocycles. The minimum atomic E-state index is 0.287. The predicted molar refractivity (Wildman–Crippen MR) is 81.6 cm³/mol. The third-order valence-corrected chi connectivity index (χ3v) is 3.83. The Balaban J connectivity index is 2.02. The molecule has 0 radical (unpaired) electrons. The minimum absolute atomic E-state index is 0.287. The molecule has 1 unspecified atom stereocenters. The number of unbranched alkanes of at least 4 members (excludes halogenated alkanes) is 1. The summed E-state index contributed by atoms with van der Waals surface area (Å²) in [6, 6.07) is 0.287. The Bertz CT molecular complexity index is 250. The molecule has 1 fully saturated rings. The van der Waals surface area contributed by atoms with Crippen molar-refractivity contribution < 1.29 is 4.74 Å². The van der Waals surface area contributed by atoms with Crippen LogP contribution in [0, 0.1) is 5.92 Å². The van der Waals surface area contributed by atoms with Crippen LogP contribution in [0.15, 0.2) is 4.99 Å². The van der Waals surface area contributed by atoms with Crippen molar-refractivity contribution in [2.24, 2.45) is 10.9 Å². The molecule has 2 N–H and O–H groups in total. The fourth-order valence-corrected chi connectivity index (χ4v) is 2.78. The Labute approximate surface area is 118 Å². The van der Waals surface area contributed by atoms with Crippen molar-refractivity contribution in [2.75, 3.05) is 27.3 Å². The third-order valence-electron chi connectivity index (χ3n) is 3.83. The van der Waals surface area contributed by atoms with Crippen molar-refractivity contribution in [1.82, 2.24) is 10.6 Å². The Kier molecular flexibility index (Phi) is 8.63. The van der Waals surface area contributed by atoms with Crippen LogP contribution in [-0.4, -0.2) is 39.3 Å². The second-order valence-corrected chi connectivity index (χ2v) is 5.65. The van der Waals surface area contributed by atoms with Crippen molar-refractivity contribution in [3.8, 4) is 0 Å². The van der Waals surface area contributed by atoms with E-state index in [9.17, 15) is 0 Å². The number of nitrogens with one attached hydrogen (secondary N) is 2. The van der Waals surface area contributed by atoms with Crippen LogP contribution in [0.5, 0.6) is 0 Å². The van der Waals surface area contributed by atoms with E-state index >= 15 is 0 Å². The second kappa shape index (κ2) is 10.1. The van der Waals surface area contributed by atoms with Gasteiger partial charge in [-0.05, 0) is 19.3 Å². The van der Waals surface area contributed by atoms with Gasteiger partial charge >= 0.3 is 0 Å². The number of rotatable bonds is 8. The first-order valence-electron chi connectivity index (χ1n) is 7.72. The second-order valence-electron chi connectivity index (χ2n) is 5.65. The third kappa shape index (κ3) is 7.41. The Morgan fingerprint density at radius 2 is 2.05 bits per heavy atom. The molecular formula is C15H31N3O. The molecule has 4 heteroatoms. The zero-order chi connectivity index (χ0) is 13.9. The van der Waals surface area contributed by atoms with Gasteiger partial charge in [0, 0.05) is 26.7 Å². The number of hydrogen-bond donors (Lipinski definition) is 2. The van der Waals surface area contributed by atoms with Crippen molar-refractivity contribution in [1.29, 1.82) is 0 Å². The highest BCUT2D eigenvalue weighted by atomic mass is 16.5. The molecule has 4 nitrogen and oxygen atoms in total. The highest BCUT2D eigenvalue weighted by Crippen LogP contribution is 2.28. The van der Waals surface area contributed by atoms with E-state index in [4.69, 9.17) is 4.74 Å². The maximum absolute atomic E-state index is 5.10. The lowest BCUT2D eigenvalue weighted by atomic mass is 10.0. The average molecular weight is 269 g/mol. The van der Waals surface area contributed by atoms with E-state index in [0.29, 0.717) is 6.61 Å². The number of aliphatic imine (C=N–C) groups is 1. The van der Waals surface area contributed by atoms with Crippen LogP contribution in [-0.2, 0) is 4.74 Å². The van der Waals surface area contributed by atoms with E-state index in [0.717, 1.165) is 18.4 Å². The monoisotopic (exact) mass is 269 g/mol. The van der Waals surface area contributed by atoms with E-state index in [1.807, 2.05) is 7.05 Å². The van der Waals surface area contributed by atoms with E-state index < -0.39 is 0 Å². The van der Waals surface area contributed by atoms with Gasteiger partial charge in [-0.25, -0.2) is 0 Å². The summed E-state index contributed by atoms with van der Waals surface area (Å²) in [6.45, 7) is 3.80. The number of ether oxygens (including phenoxy) is 1. The lowest BCUT2D eigenvalue weighted by Crippen LogP contribution is -2.44. The summed E-state index contributed by atoms with van der Waals surface area (Å²) in [7, 11) is 3.53. The summed E-state index contributed by atoms with van der Waals surface area (Å²) in [5, 5.41) is 6.68. The summed E-state index contributed by atoms with van der Waals surface area (Å²) >= 11 is 0. The van der Waals surface area contributed by atoms with Crippen LogP contribution in [0.1, 0.15) is 51.9 Å². The largest absolute Gasteiger partial charge is 0.383 e. The maximum atomic E-state index is 5.10. The SMILES string of the molecule is CN=C(NCCCCC1CCCC1)NC(C)COC. The Morgan fingerprint density at radius 1 is 1.32 bits per heavy atom. The molecule has 1 atom stereocenters. The van der Waals surface area contributed by atoms with Gasteiger partial charge in [-0.3, -0.25) is 4.99 Å². The smallest absolute Gasteiger partial charge is 0.191 e. The summed E-state index contributed by atoms with van der Waals surface area (Å²) in [4.78, 5) is 4.22. The highest BCUT2D eigenvalue weighted by molar-refractivity contribution is 5.79. The van der Waals surface area contributed by atoms with Gasteiger partial charge in [0.2, 0.25) is 0 Å². The van der Waals surface area contributed by atoms with E-state index in [1.54, 1.807) is 7.11 Å². The zero-order valence-corrected chi connectivity index (χ0v) is 12.9. The number of methoxy groups -OCH3 is 1. The predicted octanol–water partition coefficient (Wildman–Crippen LogP) is 2.55. The van der Waals surface area contributed by atoms with Gasteiger partial charge in [0.05, 0.1) is 6.61 Å². The van der Waals surface area contributed by atoms with E-state index in [1.165, 1.54) is 44.9 Å². The standard InChI is InChI=1S/C15H31N3O/c1-13(12-19-3)18-15(16-2)17-11-7-6-10-14-8-4-5-9-14/h13-14H,4-12H2,1-3H3,(H2,16,17,18). The fraction of sp³-hybridized carbons (Fsp3) is 0.933. The van der Waals surface area contributed by atoms with Gasteiger partial charge in [0.1, 0.15) is 0 Å². The lowest BCUT2D eigenvalue weighted by molar-refractivity contribution is 0.179. The molecule has 0 aromatic rings. The molecule has 0 aromatic carbocycles. The van der Waals surface area contributed by atoms with Gasteiger partial charge in [0.15, 0.2) is 5.96 Å². The van der Waals surface area contributed by atoms with Crippen LogP contribution >= 0.6 is 0 Å². The van der Waals surface area contributed by atoms with Gasteiger partial charge in [-0.1, -0.05) is 38.5 Å². The molecule has 0 amide bonds. The highest BCUT2D eigenvalue weighted by Gasteiger charge is 2.13. The summed E-state index contributed by atoms with van der Waals surface area (Å²) in [5.41, 5.74) is 0. The van der Waals surface area contributed by atoms with Gasteiger partial charge in [-0.15, -0.1) is 0 Å². The fourth-order valence-electron chi connectivity index (χ4n) is 2.78. The van der Waals surface area contributed by atoms with Gasteiger partial charge < -0.3 is 15.4 Å². The molecule has 1 aliphatic carbocycles. The van der Waals surface area contributed by atoms with Crippen molar-refractivity contribution in [2.45, 2.75) is 57.9 Å². The average Bonchev–Trinajstić information content (AvgIpc) is 2.90. The van der Waals surface area contributed by atoms with Crippen molar-refractivity contribution in [3.63, 3.8) is 0 Å². The molecule has 0 aliphatic heterocycles.